The number of rotatable bonds is 5. The minimum absolute atomic E-state index is 0.0195. The minimum atomic E-state index is -4.60. The molecule has 3 aromatic rings. The third-order valence-electron chi connectivity index (χ3n) is 3.74. The zero-order chi connectivity index (χ0) is 20.3. The van der Waals surface area contributed by atoms with Crippen LogP contribution in [0, 0.1) is 0 Å². The van der Waals surface area contributed by atoms with Crippen molar-refractivity contribution in [2.75, 3.05) is 14.2 Å². The van der Waals surface area contributed by atoms with Crippen molar-refractivity contribution in [1.82, 2.24) is 4.98 Å². The number of alkyl halides is 3. The maximum atomic E-state index is 13.4. The van der Waals surface area contributed by atoms with E-state index >= 15 is 0 Å². The van der Waals surface area contributed by atoms with Crippen molar-refractivity contribution in [3.05, 3.63) is 58.7 Å². The molecule has 2 aromatic carbocycles. The van der Waals surface area contributed by atoms with E-state index < -0.39 is 11.9 Å². The van der Waals surface area contributed by atoms with E-state index in [4.69, 9.17) is 21.1 Å². The van der Waals surface area contributed by atoms with Crippen LogP contribution in [0.4, 0.5) is 18.3 Å². The molecule has 1 aromatic heterocycles. The van der Waals surface area contributed by atoms with Gasteiger partial charge in [-0.05, 0) is 35.9 Å². The second kappa shape index (κ2) is 8.20. The third kappa shape index (κ3) is 4.45. The highest BCUT2D eigenvalue weighted by atomic mass is 35.5. The van der Waals surface area contributed by atoms with Gasteiger partial charge >= 0.3 is 6.18 Å². The van der Waals surface area contributed by atoms with E-state index in [1.807, 2.05) is 0 Å². The van der Waals surface area contributed by atoms with Crippen LogP contribution in [-0.2, 0) is 6.18 Å². The van der Waals surface area contributed by atoms with Crippen molar-refractivity contribution < 1.29 is 22.6 Å². The van der Waals surface area contributed by atoms with Crippen molar-refractivity contribution in [2.24, 2.45) is 4.99 Å². The Morgan fingerprint density at radius 3 is 2.39 bits per heavy atom. The van der Waals surface area contributed by atoms with Crippen molar-refractivity contribution in [2.45, 2.75) is 6.18 Å². The van der Waals surface area contributed by atoms with Gasteiger partial charge in [-0.3, -0.25) is 0 Å². The maximum absolute atomic E-state index is 13.4. The molecule has 0 fully saturated rings. The number of thiazole rings is 1. The fraction of sp³-hybridized carbons (Fsp3) is 0.158. The molecule has 0 radical (unpaired) electrons. The van der Waals surface area contributed by atoms with Crippen LogP contribution in [0.15, 0.2) is 47.5 Å². The van der Waals surface area contributed by atoms with Crippen molar-refractivity contribution >= 4 is 34.3 Å². The van der Waals surface area contributed by atoms with Gasteiger partial charge in [0.2, 0.25) is 5.13 Å². The number of ether oxygens (including phenoxy) is 2. The third-order valence-corrected chi connectivity index (χ3v) is 5.01. The highest BCUT2D eigenvalue weighted by Gasteiger charge is 2.38. The predicted octanol–water partition coefficient (Wildman–Crippen LogP) is 6.25. The monoisotopic (exact) mass is 426 g/mol. The summed E-state index contributed by atoms with van der Waals surface area (Å²) >= 11 is 6.67. The van der Waals surface area contributed by atoms with Gasteiger partial charge in [0.1, 0.15) is 11.5 Å². The van der Waals surface area contributed by atoms with E-state index in [9.17, 15) is 13.2 Å². The second-order valence-electron chi connectivity index (χ2n) is 5.54. The molecule has 0 aliphatic carbocycles. The summed E-state index contributed by atoms with van der Waals surface area (Å²) in [6, 6.07) is 11.2. The molecule has 0 amide bonds. The fourth-order valence-electron chi connectivity index (χ4n) is 2.42. The van der Waals surface area contributed by atoms with E-state index in [2.05, 4.69) is 9.98 Å². The van der Waals surface area contributed by atoms with Crippen molar-refractivity contribution in [3.63, 3.8) is 0 Å². The maximum Gasteiger partial charge on any atom is 0.434 e. The zero-order valence-electron chi connectivity index (χ0n) is 14.7. The molecule has 0 spiro atoms. The lowest BCUT2D eigenvalue weighted by molar-refractivity contribution is -0.140. The van der Waals surface area contributed by atoms with Gasteiger partial charge in [-0.25, -0.2) is 9.98 Å². The number of aliphatic imine (C=N–C) groups is 1. The van der Waals surface area contributed by atoms with E-state index in [-0.39, 0.29) is 10.0 Å². The number of methoxy groups -OCH3 is 2. The molecule has 28 heavy (non-hydrogen) atoms. The van der Waals surface area contributed by atoms with E-state index in [0.717, 1.165) is 11.3 Å². The van der Waals surface area contributed by atoms with Gasteiger partial charge in [0.05, 0.1) is 19.1 Å². The first-order chi connectivity index (χ1) is 13.3. The summed E-state index contributed by atoms with van der Waals surface area (Å²) in [4.78, 5) is 7.78. The summed E-state index contributed by atoms with van der Waals surface area (Å²) in [5, 5.41) is 0.410. The normalized spacial score (nSPS) is 11.8. The smallest absolute Gasteiger partial charge is 0.434 e. The van der Waals surface area contributed by atoms with E-state index in [0.29, 0.717) is 27.6 Å². The first kappa shape index (κ1) is 20.2. The first-order valence-corrected chi connectivity index (χ1v) is 9.11. The van der Waals surface area contributed by atoms with Crippen LogP contribution in [-0.4, -0.2) is 25.4 Å². The molecule has 0 aliphatic rings. The van der Waals surface area contributed by atoms with Gasteiger partial charge < -0.3 is 9.47 Å². The number of halogens is 4. The molecule has 146 valence electrons. The SMILES string of the molecule is COc1ccc(OC)c(/C=N/c2nc(C(F)(F)F)c(-c3ccc(Cl)cc3)s2)c1. The Hall–Kier alpha value is -2.58. The summed E-state index contributed by atoms with van der Waals surface area (Å²) in [7, 11) is 3.00. The topological polar surface area (TPSA) is 43.7 Å². The lowest BCUT2D eigenvalue weighted by Crippen LogP contribution is -2.06. The molecular weight excluding hydrogens is 413 g/mol. The van der Waals surface area contributed by atoms with Crippen LogP contribution in [0.2, 0.25) is 5.02 Å². The van der Waals surface area contributed by atoms with Gasteiger partial charge in [0, 0.05) is 16.8 Å². The highest BCUT2D eigenvalue weighted by molar-refractivity contribution is 7.18. The Bertz CT molecular complexity index is 1000. The average molecular weight is 427 g/mol. The van der Waals surface area contributed by atoms with Crippen LogP contribution in [0.1, 0.15) is 11.3 Å². The van der Waals surface area contributed by atoms with Crippen LogP contribution in [0.3, 0.4) is 0 Å². The average Bonchev–Trinajstić information content (AvgIpc) is 3.11. The highest BCUT2D eigenvalue weighted by Crippen LogP contribution is 2.43. The largest absolute Gasteiger partial charge is 0.497 e. The molecular formula is C19H14ClF3N2O2S. The Labute approximate surface area is 168 Å². The summed E-state index contributed by atoms with van der Waals surface area (Å²) in [5.41, 5.74) is -0.0575. The van der Waals surface area contributed by atoms with Crippen LogP contribution in [0.5, 0.6) is 11.5 Å². The molecule has 3 rings (SSSR count). The number of hydrogen-bond donors (Lipinski definition) is 0. The van der Waals surface area contributed by atoms with Crippen LogP contribution in [0.25, 0.3) is 10.4 Å². The van der Waals surface area contributed by atoms with Gasteiger partial charge in [-0.15, -0.1) is 0 Å². The van der Waals surface area contributed by atoms with Gasteiger partial charge in [-0.2, -0.15) is 13.2 Å². The summed E-state index contributed by atoms with van der Waals surface area (Å²) in [5.74, 6) is 1.08. The molecule has 0 unspecified atom stereocenters. The fourth-order valence-corrected chi connectivity index (χ4v) is 3.48. The van der Waals surface area contributed by atoms with Gasteiger partial charge in [0.25, 0.3) is 0 Å². The zero-order valence-corrected chi connectivity index (χ0v) is 16.3. The summed E-state index contributed by atoms with van der Waals surface area (Å²) in [6.45, 7) is 0. The number of benzene rings is 2. The number of hydrogen-bond acceptors (Lipinski definition) is 5. The van der Waals surface area contributed by atoms with Crippen molar-refractivity contribution in [3.8, 4) is 21.9 Å². The molecule has 4 nitrogen and oxygen atoms in total. The molecule has 0 atom stereocenters. The van der Waals surface area contributed by atoms with Crippen LogP contribution < -0.4 is 9.47 Å². The first-order valence-electron chi connectivity index (χ1n) is 7.92. The molecule has 0 saturated heterocycles. The quantitative estimate of drug-likeness (QED) is 0.453. The summed E-state index contributed by atoms with van der Waals surface area (Å²) in [6.07, 6.45) is -3.21. The predicted molar refractivity (Wildman–Crippen MR) is 104 cm³/mol. The molecule has 0 saturated carbocycles. The van der Waals surface area contributed by atoms with Crippen LogP contribution >= 0.6 is 22.9 Å². The Balaban J connectivity index is 2.02. The summed E-state index contributed by atoms with van der Waals surface area (Å²) < 4.78 is 50.7. The van der Waals surface area contributed by atoms with Gasteiger partial charge in [0.15, 0.2) is 5.69 Å². The lowest BCUT2D eigenvalue weighted by Gasteiger charge is -2.06. The second-order valence-corrected chi connectivity index (χ2v) is 6.96. The molecule has 9 heteroatoms. The van der Waals surface area contributed by atoms with Gasteiger partial charge in [-0.1, -0.05) is 35.1 Å². The lowest BCUT2D eigenvalue weighted by atomic mass is 10.1. The van der Waals surface area contributed by atoms with Crippen molar-refractivity contribution in [1.29, 1.82) is 0 Å². The number of aromatic nitrogens is 1. The minimum Gasteiger partial charge on any atom is -0.497 e. The molecule has 1 heterocycles. The Morgan fingerprint density at radius 1 is 1.07 bits per heavy atom. The Kier molecular flexibility index (Phi) is 5.90. The standard InChI is InChI=1S/C19H14ClF3N2O2S/c1-26-14-7-8-15(27-2)12(9-14)10-24-18-25-17(19(21,22)23)16(28-18)11-3-5-13(20)6-4-11/h3-10H,1-2H3/b24-10+. The Morgan fingerprint density at radius 2 is 1.79 bits per heavy atom. The molecule has 0 aliphatic heterocycles. The number of nitrogens with zero attached hydrogens (tertiary/aromatic N) is 2. The van der Waals surface area contributed by atoms with E-state index in [1.54, 1.807) is 18.2 Å². The van der Waals surface area contributed by atoms with E-state index in [1.165, 1.54) is 44.7 Å². The molecule has 0 bridgehead atoms. The molecule has 0 N–H and O–H groups in total.